The quantitative estimate of drug-likeness (QED) is 0.510. The molecule has 0 saturated carbocycles. The summed E-state index contributed by atoms with van der Waals surface area (Å²) in [5.41, 5.74) is 4.25. The van der Waals surface area contributed by atoms with Gasteiger partial charge in [-0.3, -0.25) is 4.79 Å². The van der Waals surface area contributed by atoms with Gasteiger partial charge in [-0.25, -0.2) is 0 Å². The van der Waals surface area contributed by atoms with E-state index in [9.17, 15) is 4.79 Å². The molecule has 3 rings (SSSR count). The highest BCUT2D eigenvalue weighted by Crippen LogP contribution is 2.43. The number of ketones is 1. The van der Waals surface area contributed by atoms with Crippen molar-refractivity contribution in [3.8, 4) is 0 Å². The summed E-state index contributed by atoms with van der Waals surface area (Å²) in [5, 5.41) is 0. The van der Waals surface area contributed by atoms with E-state index in [1.54, 1.807) is 0 Å². The highest BCUT2D eigenvalue weighted by Gasteiger charge is 2.46. The predicted octanol–water partition coefficient (Wildman–Crippen LogP) is 6.82. The first-order chi connectivity index (χ1) is 13.7. The Morgan fingerprint density at radius 2 is 1.76 bits per heavy atom. The molecule has 0 radical (unpaired) electrons. The lowest BCUT2D eigenvalue weighted by Gasteiger charge is -2.41. The normalized spacial score (nSPS) is 21.6. The van der Waals surface area contributed by atoms with Crippen LogP contribution in [0.15, 0.2) is 72.8 Å². The minimum atomic E-state index is -0.443. The molecule has 0 spiro atoms. The SMILES string of the molecule is Cc1ccc(CC(C)(C(=O)C2(C)C=CC=CC2)C(C)Cc2ccccc2C)cc1. The lowest BCUT2D eigenvalue weighted by atomic mass is 9.60. The van der Waals surface area contributed by atoms with Gasteiger partial charge in [-0.2, -0.15) is 0 Å². The molecule has 3 atom stereocenters. The fourth-order valence-corrected chi connectivity index (χ4v) is 4.55. The van der Waals surface area contributed by atoms with Crippen molar-refractivity contribution in [1.29, 1.82) is 0 Å². The van der Waals surface area contributed by atoms with Crippen LogP contribution in [-0.2, 0) is 17.6 Å². The zero-order valence-corrected chi connectivity index (χ0v) is 18.5. The monoisotopic (exact) mass is 386 g/mol. The van der Waals surface area contributed by atoms with E-state index in [4.69, 9.17) is 0 Å². The summed E-state index contributed by atoms with van der Waals surface area (Å²) in [4.78, 5) is 14.0. The molecule has 0 amide bonds. The molecular weight excluding hydrogens is 352 g/mol. The Morgan fingerprint density at radius 3 is 2.38 bits per heavy atom. The van der Waals surface area contributed by atoms with Gasteiger partial charge in [0.2, 0.25) is 0 Å². The number of hydrogen-bond donors (Lipinski definition) is 0. The molecule has 152 valence electrons. The molecule has 0 saturated heterocycles. The first-order valence-corrected chi connectivity index (χ1v) is 10.7. The molecule has 0 bridgehead atoms. The van der Waals surface area contributed by atoms with Gasteiger partial charge in [0.1, 0.15) is 5.78 Å². The molecule has 0 aromatic heterocycles. The maximum Gasteiger partial charge on any atom is 0.149 e. The van der Waals surface area contributed by atoms with Crippen LogP contribution in [0.4, 0.5) is 0 Å². The van der Waals surface area contributed by atoms with Crippen molar-refractivity contribution in [1.82, 2.24) is 0 Å². The molecule has 2 aromatic carbocycles. The van der Waals surface area contributed by atoms with E-state index in [-0.39, 0.29) is 5.92 Å². The Morgan fingerprint density at radius 1 is 1.07 bits per heavy atom. The van der Waals surface area contributed by atoms with Crippen molar-refractivity contribution >= 4 is 5.78 Å². The molecule has 0 heterocycles. The second-order valence-electron chi connectivity index (χ2n) is 9.35. The van der Waals surface area contributed by atoms with Crippen LogP contribution in [-0.4, -0.2) is 5.78 Å². The van der Waals surface area contributed by atoms with Crippen molar-refractivity contribution in [2.75, 3.05) is 0 Å². The average molecular weight is 387 g/mol. The standard InChI is InChI=1S/C28H34O/c1-21-13-15-24(16-14-21)20-28(5,26(29)27(4)17-9-6-10-18-27)23(3)19-25-12-8-7-11-22(25)2/h6-17,23H,18-20H2,1-5H3. The van der Waals surface area contributed by atoms with Gasteiger partial charge < -0.3 is 0 Å². The summed E-state index contributed by atoms with van der Waals surface area (Å²) in [5.74, 6) is 0.584. The Hall–Kier alpha value is -2.41. The molecule has 1 aliphatic rings. The van der Waals surface area contributed by atoms with Gasteiger partial charge >= 0.3 is 0 Å². The van der Waals surface area contributed by atoms with E-state index in [0.29, 0.717) is 5.78 Å². The number of carbonyl (C=O) groups is 1. The fraction of sp³-hybridized carbons (Fsp3) is 0.393. The van der Waals surface area contributed by atoms with Crippen molar-refractivity contribution in [2.45, 2.75) is 53.9 Å². The van der Waals surface area contributed by atoms with Gasteiger partial charge in [-0.15, -0.1) is 0 Å². The third kappa shape index (κ3) is 4.61. The highest BCUT2D eigenvalue weighted by molar-refractivity contribution is 5.92. The fourth-order valence-electron chi connectivity index (χ4n) is 4.55. The van der Waals surface area contributed by atoms with Crippen LogP contribution < -0.4 is 0 Å². The molecule has 0 aliphatic heterocycles. The van der Waals surface area contributed by atoms with Crippen molar-refractivity contribution in [3.05, 3.63) is 95.1 Å². The zero-order valence-electron chi connectivity index (χ0n) is 18.5. The van der Waals surface area contributed by atoms with Gasteiger partial charge in [0.05, 0.1) is 0 Å². The zero-order chi connectivity index (χ0) is 21.1. The summed E-state index contributed by atoms with van der Waals surface area (Å²) in [7, 11) is 0. The van der Waals surface area contributed by atoms with Gasteiger partial charge in [0, 0.05) is 10.8 Å². The second kappa shape index (κ2) is 8.53. The second-order valence-corrected chi connectivity index (χ2v) is 9.35. The molecule has 2 aromatic rings. The summed E-state index contributed by atoms with van der Waals surface area (Å²) < 4.78 is 0. The smallest absolute Gasteiger partial charge is 0.149 e. The number of carbonyl (C=O) groups excluding carboxylic acids is 1. The summed E-state index contributed by atoms with van der Waals surface area (Å²) in [6.07, 6.45) is 10.8. The van der Waals surface area contributed by atoms with Crippen LogP contribution >= 0.6 is 0 Å². The molecule has 1 aliphatic carbocycles. The number of Topliss-reactive ketones (excluding diaryl/α,β-unsaturated/α-hetero) is 1. The van der Waals surface area contributed by atoms with Gasteiger partial charge in [0.25, 0.3) is 0 Å². The summed E-state index contributed by atoms with van der Waals surface area (Å²) >= 11 is 0. The number of allylic oxidation sites excluding steroid dienone is 4. The third-order valence-electron chi connectivity index (χ3n) is 6.86. The number of benzene rings is 2. The van der Waals surface area contributed by atoms with E-state index >= 15 is 0 Å². The Kier molecular flexibility index (Phi) is 6.27. The average Bonchev–Trinajstić information content (AvgIpc) is 2.71. The Balaban J connectivity index is 1.96. The number of rotatable bonds is 7. The van der Waals surface area contributed by atoms with Gasteiger partial charge in [-0.05, 0) is 62.6 Å². The van der Waals surface area contributed by atoms with Crippen LogP contribution in [0.1, 0.15) is 49.4 Å². The largest absolute Gasteiger partial charge is 0.298 e. The van der Waals surface area contributed by atoms with E-state index in [2.05, 4.69) is 95.3 Å². The van der Waals surface area contributed by atoms with Crippen LogP contribution in [0, 0.1) is 30.6 Å². The van der Waals surface area contributed by atoms with E-state index < -0.39 is 10.8 Å². The van der Waals surface area contributed by atoms with Crippen LogP contribution in [0.3, 0.4) is 0 Å². The molecule has 0 fully saturated rings. The van der Waals surface area contributed by atoms with Gasteiger partial charge in [0.15, 0.2) is 0 Å². The van der Waals surface area contributed by atoms with Crippen LogP contribution in [0.25, 0.3) is 0 Å². The number of aryl methyl sites for hydroxylation is 2. The highest BCUT2D eigenvalue weighted by atomic mass is 16.1. The van der Waals surface area contributed by atoms with Gasteiger partial charge in [-0.1, -0.05) is 92.2 Å². The van der Waals surface area contributed by atoms with Crippen molar-refractivity contribution in [2.24, 2.45) is 16.7 Å². The molecule has 29 heavy (non-hydrogen) atoms. The predicted molar refractivity (Wildman–Crippen MR) is 123 cm³/mol. The van der Waals surface area contributed by atoms with E-state index in [1.165, 1.54) is 22.3 Å². The van der Waals surface area contributed by atoms with Crippen molar-refractivity contribution < 1.29 is 4.79 Å². The first-order valence-electron chi connectivity index (χ1n) is 10.7. The molecular formula is C28H34O. The maximum atomic E-state index is 14.0. The summed E-state index contributed by atoms with van der Waals surface area (Å²) in [6.45, 7) is 10.8. The lowest BCUT2D eigenvalue weighted by molar-refractivity contribution is -0.138. The minimum Gasteiger partial charge on any atom is -0.298 e. The van der Waals surface area contributed by atoms with Crippen LogP contribution in [0.2, 0.25) is 0 Å². The molecule has 0 N–H and O–H groups in total. The molecule has 1 heteroatoms. The third-order valence-corrected chi connectivity index (χ3v) is 6.86. The number of hydrogen-bond acceptors (Lipinski definition) is 1. The molecule has 1 nitrogen and oxygen atoms in total. The Bertz CT molecular complexity index is 918. The lowest BCUT2D eigenvalue weighted by Crippen LogP contribution is -2.45. The summed E-state index contributed by atoms with van der Waals surface area (Å²) in [6, 6.07) is 17.2. The van der Waals surface area contributed by atoms with Crippen molar-refractivity contribution in [3.63, 3.8) is 0 Å². The minimum absolute atomic E-state index is 0.230. The first kappa shape index (κ1) is 21.3. The Labute approximate surface area is 176 Å². The molecule has 3 unspecified atom stereocenters. The van der Waals surface area contributed by atoms with E-state index in [1.807, 2.05) is 12.2 Å². The topological polar surface area (TPSA) is 17.1 Å². The maximum absolute atomic E-state index is 14.0. The van der Waals surface area contributed by atoms with Crippen LogP contribution in [0.5, 0.6) is 0 Å². The van der Waals surface area contributed by atoms with E-state index in [0.717, 1.165) is 19.3 Å².